The maximum absolute atomic E-state index is 12.0. The fraction of sp³-hybridized carbons (Fsp3) is 0.364. The summed E-state index contributed by atoms with van der Waals surface area (Å²) < 4.78 is 5.07. The SMILES string of the molecule is NCCC1C(=O)NC(=O)N(Cc2ccco2)C1=O. The van der Waals surface area contributed by atoms with Gasteiger partial charge in [0, 0.05) is 0 Å². The third-order valence-electron chi connectivity index (χ3n) is 2.71. The number of nitrogens with zero attached hydrogens (tertiary/aromatic N) is 1. The summed E-state index contributed by atoms with van der Waals surface area (Å²) in [5, 5.41) is 2.14. The molecular weight excluding hydrogens is 238 g/mol. The number of nitrogens with two attached hydrogens (primary N) is 1. The molecular formula is C11H13N3O4. The molecule has 0 radical (unpaired) electrons. The molecule has 2 rings (SSSR count). The molecule has 1 aliphatic rings. The smallest absolute Gasteiger partial charge is 0.331 e. The number of hydrogen-bond donors (Lipinski definition) is 2. The Morgan fingerprint density at radius 2 is 2.17 bits per heavy atom. The van der Waals surface area contributed by atoms with Gasteiger partial charge in [0.15, 0.2) is 0 Å². The van der Waals surface area contributed by atoms with Crippen LogP contribution in [0.2, 0.25) is 0 Å². The number of imide groups is 2. The number of carbonyl (C=O) groups is 3. The summed E-state index contributed by atoms with van der Waals surface area (Å²) in [7, 11) is 0. The average molecular weight is 251 g/mol. The van der Waals surface area contributed by atoms with E-state index >= 15 is 0 Å². The van der Waals surface area contributed by atoms with Crippen molar-refractivity contribution in [2.75, 3.05) is 6.54 Å². The van der Waals surface area contributed by atoms with E-state index in [-0.39, 0.29) is 19.5 Å². The zero-order chi connectivity index (χ0) is 13.1. The van der Waals surface area contributed by atoms with Crippen LogP contribution >= 0.6 is 0 Å². The summed E-state index contributed by atoms with van der Waals surface area (Å²) in [5.74, 6) is -1.56. The Morgan fingerprint density at radius 1 is 1.39 bits per heavy atom. The molecule has 7 heteroatoms. The van der Waals surface area contributed by atoms with E-state index in [0.717, 1.165) is 4.90 Å². The van der Waals surface area contributed by atoms with E-state index in [1.807, 2.05) is 0 Å². The molecule has 96 valence electrons. The van der Waals surface area contributed by atoms with Crippen LogP contribution in [0, 0.1) is 5.92 Å². The van der Waals surface area contributed by atoms with Crippen molar-refractivity contribution in [2.45, 2.75) is 13.0 Å². The molecule has 0 aliphatic carbocycles. The van der Waals surface area contributed by atoms with Crippen LogP contribution in [0.1, 0.15) is 12.2 Å². The second-order valence-corrected chi connectivity index (χ2v) is 3.93. The molecule has 1 aromatic heterocycles. The zero-order valence-corrected chi connectivity index (χ0v) is 9.59. The van der Waals surface area contributed by atoms with Crippen molar-refractivity contribution in [3.63, 3.8) is 0 Å². The summed E-state index contributed by atoms with van der Waals surface area (Å²) in [4.78, 5) is 36.1. The van der Waals surface area contributed by atoms with E-state index in [1.165, 1.54) is 6.26 Å². The minimum atomic E-state index is -0.900. The molecule has 2 heterocycles. The van der Waals surface area contributed by atoms with Gasteiger partial charge in [0.25, 0.3) is 0 Å². The van der Waals surface area contributed by atoms with Gasteiger partial charge in [-0.3, -0.25) is 19.8 Å². The van der Waals surface area contributed by atoms with Crippen molar-refractivity contribution >= 4 is 17.8 Å². The molecule has 1 fully saturated rings. The van der Waals surface area contributed by atoms with Crippen LogP contribution in [0.3, 0.4) is 0 Å². The fourth-order valence-electron chi connectivity index (χ4n) is 1.79. The second-order valence-electron chi connectivity index (χ2n) is 3.93. The number of urea groups is 1. The van der Waals surface area contributed by atoms with Gasteiger partial charge >= 0.3 is 6.03 Å². The molecule has 1 unspecified atom stereocenters. The van der Waals surface area contributed by atoms with Gasteiger partial charge in [-0.25, -0.2) is 4.79 Å². The molecule has 18 heavy (non-hydrogen) atoms. The predicted molar refractivity (Wildman–Crippen MR) is 60.0 cm³/mol. The molecule has 1 aliphatic heterocycles. The van der Waals surface area contributed by atoms with Gasteiger partial charge in [-0.2, -0.15) is 0 Å². The normalized spacial score (nSPS) is 20.2. The number of rotatable bonds is 4. The van der Waals surface area contributed by atoms with Crippen molar-refractivity contribution in [1.29, 1.82) is 0 Å². The highest BCUT2D eigenvalue weighted by Gasteiger charge is 2.39. The first kappa shape index (κ1) is 12.3. The van der Waals surface area contributed by atoms with Crippen molar-refractivity contribution < 1.29 is 18.8 Å². The molecule has 3 N–H and O–H groups in total. The monoisotopic (exact) mass is 251 g/mol. The van der Waals surface area contributed by atoms with Crippen molar-refractivity contribution in [3.05, 3.63) is 24.2 Å². The van der Waals surface area contributed by atoms with Crippen LogP contribution in [-0.2, 0) is 16.1 Å². The van der Waals surface area contributed by atoms with Gasteiger partial charge in [0.05, 0.1) is 12.8 Å². The first-order valence-corrected chi connectivity index (χ1v) is 5.52. The van der Waals surface area contributed by atoms with Crippen LogP contribution < -0.4 is 11.1 Å². The van der Waals surface area contributed by atoms with Crippen LogP contribution in [0.15, 0.2) is 22.8 Å². The summed E-state index contributed by atoms with van der Waals surface area (Å²) in [6, 6.07) is 2.58. The molecule has 0 spiro atoms. The van der Waals surface area contributed by atoms with E-state index in [2.05, 4.69) is 5.32 Å². The van der Waals surface area contributed by atoms with E-state index in [1.54, 1.807) is 12.1 Å². The van der Waals surface area contributed by atoms with Gasteiger partial charge in [-0.15, -0.1) is 0 Å². The Hall–Kier alpha value is -2.15. The first-order chi connectivity index (χ1) is 8.63. The molecule has 1 aromatic rings. The molecule has 0 bridgehead atoms. The number of furan rings is 1. The zero-order valence-electron chi connectivity index (χ0n) is 9.59. The number of carbonyl (C=O) groups excluding carboxylic acids is 3. The molecule has 1 atom stereocenters. The largest absolute Gasteiger partial charge is 0.467 e. The van der Waals surface area contributed by atoms with Crippen LogP contribution in [0.25, 0.3) is 0 Å². The minimum absolute atomic E-state index is 0.00597. The highest BCUT2D eigenvalue weighted by Crippen LogP contribution is 2.16. The lowest BCUT2D eigenvalue weighted by Gasteiger charge is -2.29. The average Bonchev–Trinajstić information content (AvgIpc) is 2.83. The van der Waals surface area contributed by atoms with Crippen molar-refractivity contribution in [3.8, 4) is 0 Å². The number of nitrogens with one attached hydrogen (secondary N) is 1. The lowest BCUT2D eigenvalue weighted by molar-refractivity contribution is -0.143. The lowest BCUT2D eigenvalue weighted by Crippen LogP contribution is -2.57. The van der Waals surface area contributed by atoms with Crippen molar-refractivity contribution in [1.82, 2.24) is 10.2 Å². The highest BCUT2D eigenvalue weighted by atomic mass is 16.3. The molecule has 0 aromatic carbocycles. The molecule has 4 amide bonds. The lowest BCUT2D eigenvalue weighted by atomic mass is 10.0. The number of hydrogen-bond acceptors (Lipinski definition) is 5. The maximum atomic E-state index is 12.0. The Balaban J connectivity index is 2.15. The Morgan fingerprint density at radius 3 is 2.78 bits per heavy atom. The first-order valence-electron chi connectivity index (χ1n) is 5.52. The number of amides is 4. The third-order valence-corrected chi connectivity index (χ3v) is 2.71. The summed E-state index contributed by atoms with van der Waals surface area (Å²) in [6.45, 7) is 0.207. The van der Waals surface area contributed by atoms with E-state index < -0.39 is 23.8 Å². The maximum Gasteiger partial charge on any atom is 0.331 e. The van der Waals surface area contributed by atoms with E-state index in [9.17, 15) is 14.4 Å². The van der Waals surface area contributed by atoms with Gasteiger partial charge in [-0.05, 0) is 25.1 Å². The van der Waals surface area contributed by atoms with Crippen LogP contribution in [-0.4, -0.2) is 29.3 Å². The topological polar surface area (TPSA) is 106 Å². The fourth-order valence-corrected chi connectivity index (χ4v) is 1.79. The summed E-state index contributed by atoms with van der Waals surface area (Å²) in [5.41, 5.74) is 5.35. The van der Waals surface area contributed by atoms with Crippen LogP contribution in [0.5, 0.6) is 0 Å². The Bertz CT molecular complexity index is 469. The van der Waals surface area contributed by atoms with Gasteiger partial charge in [0.1, 0.15) is 11.7 Å². The molecule has 1 saturated heterocycles. The predicted octanol–water partition coefficient (Wildman–Crippen LogP) is -0.177. The quantitative estimate of drug-likeness (QED) is 0.722. The van der Waals surface area contributed by atoms with Crippen molar-refractivity contribution in [2.24, 2.45) is 11.7 Å². The summed E-state index contributed by atoms with van der Waals surface area (Å²) >= 11 is 0. The van der Waals surface area contributed by atoms with Gasteiger partial charge in [-0.1, -0.05) is 0 Å². The molecule has 0 saturated carbocycles. The van der Waals surface area contributed by atoms with E-state index in [0.29, 0.717) is 5.76 Å². The standard InChI is InChI=1S/C11H13N3O4/c12-4-3-8-9(15)13-11(17)14(10(8)16)6-7-2-1-5-18-7/h1-2,5,8H,3-4,6,12H2,(H,13,15,17). The van der Waals surface area contributed by atoms with Gasteiger partial charge in [0.2, 0.25) is 11.8 Å². The summed E-state index contributed by atoms with van der Waals surface area (Å²) in [6.07, 6.45) is 1.66. The second kappa shape index (κ2) is 5.01. The Labute approximate surface area is 103 Å². The number of barbiturate groups is 1. The van der Waals surface area contributed by atoms with Gasteiger partial charge < -0.3 is 10.2 Å². The van der Waals surface area contributed by atoms with Crippen LogP contribution in [0.4, 0.5) is 4.79 Å². The minimum Gasteiger partial charge on any atom is -0.467 e. The highest BCUT2D eigenvalue weighted by molar-refractivity contribution is 6.16. The molecule has 7 nitrogen and oxygen atoms in total. The third kappa shape index (κ3) is 2.25. The Kier molecular flexibility index (Phi) is 3.42. The van der Waals surface area contributed by atoms with E-state index in [4.69, 9.17) is 10.2 Å².